The lowest BCUT2D eigenvalue weighted by Crippen LogP contribution is -2.10. The Labute approximate surface area is 148 Å². The highest BCUT2D eigenvalue weighted by Gasteiger charge is 2.05. The fourth-order valence-electron chi connectivity index (χ4n) is 1.98. The maximum Gasteiger partial charge on any atom is 0.248 e. The van der Waals surface area contributed by atoms with Crippen LogP contribution < -0.4 is 5.73 Å². The third-order valence-corrected chi connectivity index (χ3v) is 5.10. The quantitative estimate of drug-likeness (QED) is 0.535. The molecule has 0 aliphatic heterocycles. The summed E-state index contributed by atoms with van der Waals surface area (Å²) in [5, 5.41) is 0.875. The fourth-order valence-corrected chi connectivity index (χ4v) is 3.56. The molecule has 1 heterocycles. The van der Waals surface area contributed by atoms with Gasteiger partial charge < -0.3 is 5.73 Å². The van der Waals surface area contributed by atoms with Crippen LogP contribution in [0.4, 0.5) is 0 Å². The summed E-state index contributed by atoms with van der Waals surface area (Å²) in [6.07, 6.45) is 1.77. The first-order valence-electron chi connectivity index (χ1n) is 7.28. The topological polar surface area (TPSA) is 68.9 Å². The van der Waals surface area contributed by atoms with E-state index in [0.717, 1.165) is 21.5 Å². The number of carbonyl (C=O) groups is 1. The molecule has 1 amide bonds. The molecule has 0 unspecified atom stereocenters. The SMILES string of the molecule is NC(=O)c1ccc(Sc2ccnc(CSc3ccccc3)n2)cc1. The second-order valence-corrected chi connectivity index (χ2v) is 7.05. The molecule has 0 aliphatic rings. The maximum atomic E-state index is 11.1. The molecule has 2 aromatic carbocycles. The van der Waals surface area contributed by atoms with Crippen molar-refractivity contribution < 1.29 is 4.79 Å². The number of aromatic nitrogens is 2. The van der Waals surface area contributed by atoms with Crippen molar-refractivity contribution in [3.8, 4) is 0 Å². The van der Waals surface area contributed by atoms with Gasteiger partial charge in [0.2, 0.25) is 5.91 Å². The Hall–Kier alpha value is -2.31. The van der Waals surface area contributed by atoms with Crippen LogP contribution in [0.2, 0.25) is 0 Å². The molecule has 4 nitrogen and oxygen atoms in total. The van der Waals surface area contributed by atoms with E-state index in [1.54, 1.807) is 30.1 Å². The van der Waals surface area contributed by atoms with Gasteiger partial charge in [-0.25, -0.2) is 9.97 Å². The van der Waals surface area contributed by atoms with E-state index in [9.17, 15) is 4.79 Å². The minimum absolute atomic E-state index is 0.422. The van der Waals surface area contributed by atoms with Crippen molar-refractivity contribution in [3.63, 3.8) is 0 Å². The first-order chi connectivity index (χ1) is 11.7. The van der Waals surface area contributed by atoms with E-state index in [0.29, 0.717) is 5.56 Å². The predicted molar refractivity (Wildman–Crippen MR) is 97.1 cm³/mol. The summed E-state index contributed by atoms with van der Waals surface area (Å²) < 4.78 is 0. The zero-order valence-corrected chi connectivity index (χ0v) is 14.4. The van der Waals surface area contributed by atoms with Crippen LogP contribution in [-0.2, 0) is 5.75 Å². The molecule has 0 bridgehead atoms. The molecule has 0 atom stereocenters. The second kappa shape index (κ2) is 7.99. The van der Waals surface area contributed by atoms with Crippen LogP contribution in [0.1, 0.15) is 16.2 Å². The van der Waals surface area contributed by atoms with Gasteiger partial charge in [-0.15, -0.1) is 11.8 Å². The number of rotatable bonds is 6. The normalized spacial score (nSPS) is 10.5. The first kappa shape index (κ1) is 16.5. The molecular formula is C18H15N3OS2. The average molecular weight is 353 g/mol. The highest BCUT2D eigenvalue weighted by molar-refractivity contribution is 7.99. The summed E-state index contributed by atoms with van der Waals surface area (Å²) in [4.78, 5) is 22.2. The molecule has 1 aromatic heterocycles. The number of benzene rings is 2. The maximum absolute atomic E-state index is 11.1. The smallest absolute Gasteiger partial charge is 0.248 e. The van der Waals surface area contributed by atoms with Crippen LogP contribution in [0.25, 0.3) is 0 Å². The molecule has 3 aromatic rings. The number of thioether (sulfide) groups is 1. The van der Waals surface area contributed by atoms with E-state index < -0.39 is 5.91 Å². The number of carbonyl (C=O) groups excluding carboxylic acids is 1. The largest absolute Gasteiger partial charge is 0.366 e. The van der Waals surface area contributed by atoms with Gasteiger partial charge in [0.25, 0.3) is 0 Å². The number of hydrogen-bond donors (Lipinski definition) is 1. The summed E-state index contributed by atoms with van der Waals surface area (Å²) in [6, 6.07) is 19.2. The fraction of sp³-hybridized carbons (Fsp3) is 0.0556. The minimum atomic E-state index is -0.422. The lowest BCUT2D eigenvalue weighted by molar-refractivity contribution is 0.1000. The Bertz CT molecular complexity index is 823. The van der Waals surface area contributed by atoms with Crippen molar-refractivity contribution >= 4 is 29.4 Å². The van der Waals surface area contributed by atoms with Gasteiger partial charge in [-0.2, -0.15) is 0 Å². The van der Waals surface area contributed by atoms with Crippen molar-refractivity contribution in [1.82, 2.24) is 9.97 Å². The van der Waals surface area contributed by atoms with Gasteiger partial charge in [-0.05, 0) is 42.5 Å². The van der Waals surface area contributed by atoms with Crippen LogP contribution in [0, 0.1) is 0 Å². The standard InChI is InChI=1S/C18H15N3OS2/c19-18(22)13-6-8-15(9-7-13)24-17-10-11-20-16(21-17)12-23-14-4-2-1-3-5-14/h1-11H,12H2,(H2,19,22). The zero-order valence-electron chi connectivity index (χ0n) is 12.8. The Morgan fingerprint density at radius 3 is 2.42 bits per heavy atom. The molecule has 2 N–H and O–H groups in total. The molecular weight excluding hydrogens is 338 g/mol. The monoisotopic (exact) mass is 353 g/mol. The van der Waals surface area contributed by atoms with E-state index in [-0.39, 0.29) is 0 Å². The molecule has 0 aliphatic carbocycles. The number of primary amides is 1. The van der Waals surface area contributed by atoms with Crippen molar-refractivity contribution in [3.05, 3.63) is 78.2 Å². The Balaban J connectivity index is 1.65. The number of amides is 1. The highest BCUT2D eigenvalue weighted by Crippen LogP contribution is 2.27. The van der Waals surface area contributed by atoms with E-state index in [4.69, 9.17) is 5.73 Å². The van der Waals surface area contributed by atoms with Crippen LogP contribution in [0.3, 0.4) is 0 Å². The van der Waals surface area contributed by atoms with Gasteiger partial charge in [-0.3, -0.25) is 4.79 Å². The third kappa shape index (κ3) is 4.59. The number of nitrogens with two attached hydrogens (primary N) is 1. The van der Waals surface area contributed by atoms with E-state index >= 15 is 0 Å². The molecule has 6 heteroatoms. The van der Waals surface area contributed by atoms with Crippen LogP contribution >= 0.6 is 23.5 Å². The molecule has 0 fully saturated rings. The van der Waals surface area contributed by atoms with Crippen LogP contribution in [0.15, 0.2) is 81.7 Å². The molecule has 0 spiro atoms. The summed E-state index contributed by atoms with van der Waals surface area (Å²) in [7, 11) is 0. The van der Waals surface area contributed by atoms with Gasteiger partial charge in [-0.1, -0.05) is 30.0 Å². The lowest BCUT2D eigenvalue weighted by Gasteiger charge is -2.04. The highest BCUT2D eigenvalue weighted by atomic mass is 32.2. The summed E-state index contributed by atoms with van der Waals surface area (Å²) in [6.45, 7) is 0. The molecule has 3 rings (SSSR count). The lowest BCUT2D eigenvalue weighted by atomic mass is 10.2. The number of hydrogen-bond acceptors (Lipinski definition) is 5. The molecule has 24 heavy (non-hydrogen) atoms. The summed E-state index contributed by atoms with van der Waals surface area (Å²) in [5.41, 5.74) is 5.75. The number of nitrogens with zero attached hydrogens (tertiary/aromatic N) is 2. The van der Waals surface area contributed by atoms with Crippen LogP contribution in [-0.4, -0.2) is 15.9 Å². The second-order valence-electron chi connectivity index (χ2n) is 4.90. The third-order valence-electron chi connectivity index (χ3n) is 3.15. The molecule has 120 valence electrons. The van der Waals surface area contributed by atoms with Crippen molar-refractivity contribution in [2.75, 3.05) is 0 Å². The van der Waals surface area contributed by atoms with Gasteiger partial charge in [0.15, 0.2) is 0 Å². The van der Waals surface area contributed by atoms with Gasteiger partial charge in [0.1, 0.15) is 10.9 Å². The minimum Gasteiger partial charge on any atom is -0.366 e. The van der Waals surface area contributed by atoms with Gasteiger partial charge >= 0.3 is 0 Å². The van der Waals surface area contributed by atoms with Crippen LogP contribution in [0.5, 0.6) is 0 Å². The average Bonchev–Trinajstić information content (AvgIpc) is 2.62. The predicted octanol–water partition coefficient (Wildman–Crippen LogP) is 4.02. The summed E-state index contributed by atoms with van der Waals surface area (Å²) in [5.74, 6) is 1.09. The van der Waals surface area contributed by atoms with Crippen molar-refractivity contribution in [1.29, 1.82) is 0 Å². The van der Waals surface area contributed by atoms with Crippen molar-refractivity contribution in [2.24, 2.45) is 5.73 Å². The van der Waals surface area contributed by atoms with Gasteiger partial charge in [0, 0.05) is 21.6 Å². The molecule has 0 saturated carbocycles. The molecule has 0 saturated heterocycles. The molecule has 0 radical (unpaired) electrons. The van der Waals surface area contributed by atoms with E-state index in [1.165, 1.54) is 16.7 Å². The Morgan fingerprint density at radius 2 is 1.71 bits per heavy atom. The zero-order chi connectivity index (χ0) is 16.8. The van der Waals surface area contributed by atoms with E-state index in [2.05, 4.69) is 22.1 Å². The van der Waals surface area contributed by atoms with E-state index in [1.807, 2.05) is 36.4 Å². The Kier molecular flexibility index (Phi) is 5.51. The summed E-state index contributed by atoms with van der Waals surface area (Å²) >= 11 is 3.24. The Morgan fingerprint density at radius 1 is 0.958 bits per heavy atom. The van der Waals surface area contributed by atoms with Gasteiger partial charge in [0.05, 0.1) is 5.75 Å². The first-order valence-corrected chi connectivity index (χ1v) is 9.08. The van der Waals surface area contributed by atoms with Crippen molar-refractivity contribution in [2.45, 2.75) is 20.6 Å².